The molecule has 1 atom stereocenters. The Bertz CT molecular complexity index is 915. The van der Waals surface area contributed by atoms with Crippen molar-refractivity contribution in [3.05, 3.63) is 47.3 Å². The highest BCUT2D eigenvalue weighted by molar-refractivity contribution is 5.72. The van der Waals surface area contributed by atoms with Crippen molar-refractivity contribution < 1.29 is 23.0 Å². The van der Waals surface area contributed by atoms with Gasteiger partial charge in [-0.15, -0.1) is 6.42 Å². The van der Waals surface area contributed by atoms with E-state index in [9.17, 15) is 13.6 Å². The lowest BCUT2D eigenvalue weighted by Crippen LogP contribution is -2.46. The van der Waals surface area contributed by atoms with Crippen molar-refractivity contribution >= 4 is 18.0 Å². The minimum absolute atomic E-state index is 0.188. The zero-order chi connectivity index (χ0) is 20.1. The molecule has 0 N–H and O–H groups in total. The van der Waals surface area contributed by atoms with Gasteiger partial charge in [-0.3, -0.25) is 9.67 Å². The average Bonchev–Trinajstić information content (AvgIpc) is 3.05. The molecule has 1 saturated heterocycles. The van der Waals surface area contributed by atoms with E-state index in [2.05, 4.69) is 16.0 Å². The van der Waals surface area contributed by atoms with Gasteiger partial charge in [0.1, 0.15) is 35.7 Å². The molecular formula is C19H18F2N4O3. The summed E-state index contributed by atoms with van der Waals surface area (Å²) >= 11 is 0. The van der Waals surface area contributed by atoms with Gasteiger partial charge in [0.2, 0.25) is 0 Å². The first-order chi connectivity index (χ1) is 13.5. The van der Waals surface area contributed by atoms with Gasteiger partial charge in [-0.1, -0.05) is 6.07 Å². The second-order valence-electron chi connectivity index (χ2n) is 6.03. The number of aromatic nitrogens is 2. The molecule has 7 nitrogen and oxygen atoms in total. The van der Waals surface area contributed by atoms with Gasteiger partial charge < -0.3 is 14.4 Å². The number of aliphatic imine (C=N–C) groups is 1. The number of hydrogen-bond donors (Lipinski definition) is 0. The molecule has 1 aromatic heterocycles. The van der Waals surface area contributed by atoms with Crippen molar-refractivity contribution in [2.75, 3.05) is 19.7 Å². The smallest absolute Gasteiger partial charge is 0.410 e. The van der Waals surface area contributed by atoms with E-state index in [1.165, 1.54) is 28.1 Å². The summed E-state index contributed by atoms with van der Waals surface area (Å²) in [5.41, 5.74) is 0.749. The number of ether oxygens (including phenoxy) is 2. The van der Waals surface area contributed by atoms with Crippen LogP contribution in [0.15, 0.2) is 29.4 Å². The summed E-state index contributed by atoms with van der Waals surface area (Å²) in [6.07, 6.45) is 7.34. The largest absolute Gasteiger partial charge is 0.444 e. The lowest BCUT2D eigenvalue weighted by Gasteiger charge is -2.30. The van der Waals surface area contributed by atoms with Gasteiger partial charge in [0, 0.05) is 19.8 Å². The monoisotopic (exact) mass is 388 g/mol. The van der Waals surface area contributed by atoms with Crippen molar-refractivity contribution in [2.24, 2.45) is 12.0 Å². The lowest BCUT2D eigenvalue weighted by molar-refractivity contribution is 0.00294. The van der Waals surface area contributed by atoms with E-state index >= 15 is 0 Å². The molecule has 3 rings (SSSR count). The molecule has 0 unspecified atom stereocenters. The minimum atomic E-state index is -0.763. The van der Waals surface area contributed by atoms with Crippen LogP contribution in [-0.4, -0.2) is 52.8 Å². The van der Waals surface area contributed by atoms with Crippen molar-refractivity contribution in [1.29, 1.82) is 0 Å². The van der Waals surface area contributed by atoms with Crippen LogP contribution in [-0.2, 0) is 23.1 Å². The Hall–Kier alpha value is -3.25. The zero-order valence-corrected chi connectivity index (χ0v) is 15.1. The number of morpholine rings is 1. The van der Waals surface area contributed by atoms with Gasteiger partial charge in [-0.2, -0.15) is 5.10 Å². The van der Waals surface area contributed by atoms with Crippen molar-refractivity contribution in [2.45, 2.75) is 12.7 Å². The lowest BCUT2D eigenvalue weighted by atomic mass is 10.2. The predicted octanol–water partition coefficient (Wildman–Crippen LogP) is 2.42. The van der Waals surface area contributed by atoms with Gasteiger partial charge in [0.25, 0.3) is 0 Å². The van der Waals surface area contributed by atoms with Gasteiger partial charge in [0.05, 0.1) is 24.9 Å². The molecule has 9 heteroatoms. The van der Waals surface area contributed by atoms with Gasteiger partial charge in [-0.05, 0) is 18.1 Å². The zero-order valence-electron chi connectivity index (χ0n) is 15.1. The van der Waals surface area contributed by atoms with Crippen molar-refractivity contribution in [3.63, 3.8) is 0 Å². The number of aryl methyl sites for hydroxylation is 1. The third kappa shape index (κ3) is 4.35. The Morgan fingerprint density at radius 2 is 2.25 bits per heavy atom. The summed E-state index contributed by atoms with van der Waals surface area (Å²) in [6.45, 7) is 0.267. The highest BCUT2D eigenvalue weighted by Crippen LogP contribution is 2.17. The van der Waals surface area contributed by atoms with Crippen LogP contribution in [0.5, 0.6) is 0 Å². The molecule has 0 aliphatic carbocycles. The molecule has 0 spiro atoms. The number of hydrogen-bond acceptors (Lipinski definition) is 5. The predicted molar refractivity (Wildman–Crippen MR) is 97.2 cm³/mol. The fourth-order valence-corrected chi connectivity index (χ4v) is 2.68. The Labute approximate surface area is 160 Å². The first-order valence-corrected chi connectivity index (χ1v) is 8.48. The van der Waals surface area contributed by atoms with Crippen LogP contribution in [0.2, 0.25) is 0 Å². The average molecular weight is 388 g/mol. The van der Waals surface area contributed by atoms with Crippen LogP contribution < -0.4 is 0 Å². The second-order valence-corrected chi connectivity index (χ2v) is 6.03. The number of terminal acetylenes is 1. The molecule has 28 heavy (non-hydrogen) atoms. The molecule has 2 heterocycles. The molecule has 0 saturated carbocycles. The maximum atomic E-state index is 13.6. The molecular weight excluding hydrogens is 370 g/mol. The van der Waals surface area contributed by atoms with Crippen LogP contribution in [0.4, 0.5) is 19.3 Å². The molecule has 2 aromatic rings. The molecule has 1 aliphatic heterocycles. The highest BCUT2D eigenvalue weighted by atomic mass is 19.1. The van der Waals surface area contributed by atoms with Crippen molar-refractivity contribution in [1.82, 2.24) is 14.7 Å². The van der Waals surface area contributed by atoms with E-state index in [1.807, 2.05) is 0 Å². The van der Waals surface area contributed by atoms with E-state index in [1.54, 1.807) is 7.05 Å². The summed E-state index contributed by atoms with van der Waals surface area (Å²) in [4.78, 5) is 17.9. The summed E-state index contributed by atoms with van der Waals surface area (Å²) in [5, 5.41) is 4.04. The second kappa shape index (κ2) is 8.63. The molecule has 0 radical (unpaired) electrons. The van der Waals surface area contributed by atoms with Crippen LogP contribution in [0.3, 0.4) is 0 Å². The fraction of sp³-hybridized carbons (Fsp3) is 0.316. The number of halogens is 2. The van der Waals surface area contributed by atoms with E-state index in [4.69, 9.17) is 15.9 Å². The third-order valence-corrected chi connectivity index (χ3v) is 4.19. The fourth-order valence-electron chi connectivity index (χ4n) is 2.68. The molecule has 1 fully saturated rings. The summed E-state index contributed by atoms with van der Waals surface area (Å²) in [5.74, 6) is 0.973. The van der Waals surface area contributed by atoms with Crippen LogP contribution in [0.25, 0.3) is 0 Å². The van der Waals surface area contributed by atoms with Crippen LogP contribution in [0, 0.1) is 24.0 Å². The Kier molecular flexibility index (Phi) is 6.01. The Morgan fingerprint density at radius 3 is 2.96 bits per heavy atom. The molecule has 1 aromatic carbocycles. The highest BCUT2D eigenvalue weighted by Gasteiger charge is 2.25. The number of benzene rings is 1. The maximum absolute atomic E-state index is 13.6. The number of carbonyl (C=O) groups is 1. The Morgan fingerprint density at radius 1 is 1.50 bits per heavy atom. The van der Waals surface area contributed by atoms with Gasteiger partial charge in [0.15, 0.2) is 0 Å². The number of nitrogens with zero attached hydrogens (tertiary/aromatic N) is 4. The summed E-state index contributed by atoms with van der Waals surface area (Å²) < 4.78 is 39.4. The van der Waals surface area contributed by atoms with E-state index in [0.29, 0.717) is 17.9 Å². The molecule has 146 valence electrons. The normalized spacial score (nSPS) is 16.9. The van der Waals surface area contributed by atoms with Gasteiger partial charge in [-0.25, -0.2) is 13.6 Å². The quantitative estimate of drug-likeness (QED) is 0.596. The summed E-state index contributed by atoms with van der Waals surface area (Å²) in [7, 11) is 1.71. The summed E-state index contributed by atoms with van der Waals surface area (Å²) in [6, 6.07) is 3.46. The molecule has 1 aliphatic rings. The maximum Gasteiger partial charge on any atom is 0.410 e. The van der Waals surface area contributed by atoms with Crippen LogP contribution >= 0.6 is 0 Å². The standard InChI is InChI=1S/C19H18F2N4O3/c1-3-18-17(10-23-24(18)2)22-9-13-11-25(7-8-27-13)19(26)28-12-14-15(20)5-4-6-16(14)21/h1,4-6,9-10,13H,7-8,11-12H2,2H3/t13-/m1/s1. The minimum Gasteiger partial charge on any atom is -0.444 e. The molecule has 0 bridgehead atoms. The van der Waals surface area contributed by atoms with E-state index in [-0.39, 0.29) is 18.7 Å². The molecule has 1 amide bonds. The SMILES string of the molecule is C#Cc1c(N=C[C@@H]2CN(C(=O)OCc3c(F)cccc3F)CCO2)cnn1C. The van der Waals surface area contributed by atoms with Gasteiger partial charge >= 0.3 is 6.09 Å². The van der Waals surface area contributed by atoms with Crippen molar-refractivity contribution in [3.8, 4) is 12.3 Å². The number of rotatable bonds is 4. The Balaban J connectivity index is 1.59. The first-order valence-electron chi connectivity index (χ1n) is 8.48. The van der Waals surface area contributed by atoms with E-state index in [0.717, 1.165) is 12.1 Å². The topological polar surface area (TPSA) is 69.0 Å². The number of carbonyl (C=O) groups excluding carboxylic acids is 1. The number of amides is 1. The van der Waals surface area contributed by atoms with Crippen LogP contribution in [0.1, 0.15) is 11.3 Å². The first kappa shape index (κ1) is 19.5. The van der Waals surface area contributed by atoms with E-state index < -0.39 is 30.4 Å². The third-order valence-electron chi connectivity index (χ3n) is 4.19.